The molecule has 5 heteroatoms. The molecule has 3 N–H and O–H groups in total. The summed E-state index contributed by atoms with van der Waals surface area (Å²) >= 11 is 1.50. The number of nitrogen functional groups attached to an aromatic ring is 1. The Morgan fingerprint density at radius 1 is 1.30 bits per heavy atom. The number of benzene rings is 1. The third-order valence-corrected chi connectivity index (χ3v) is 4.49. The first-order chi connectivity index (χ1) is 9.63. The van der Waals surface area contributed by atoms with Crippen molar-refractivity contribution in [2.75, 3.05) is 31.9 Å². The van der Waals surface area contributed by atoms with E-state index in [0.717, 1.165) is 40.3 Å². The number of anilines is 1. The molecule has 2 rings (SSSR count). The summed E-state index contributed by atoms with van der Waals surface area (Å²) in [4.78, 5) is 15.1. The third kappa shape index (κ3) is 3.49. The lowest BCUT2D eigenvalue weighted by molar-refractivity contribution is 0.0953. The predicted molar refractivity (Wildman–Crippen MR) is 86.4 cm³/mol. The summed E-state index contributed by atoms with van der Waals surface area (Å²) < 4.78 is 1.09. The van der Waals surface area contributed by atoms with Crippen LogP contribution in [0.5, 0.6) is 0 Å². The molecule has 0 fully saturated rings. The van der Waals surface area contributed by atoms with E-state index in [1.807, 2.05) is 24.3 Å². The van der Waals surface area contributed by atoms with Crippen LogP contribution in [0.25, 0.3) is 10.1 Å². The molecule has 0 spiro atoms. The Labute approximate surface area is 123 Å². The smallest absolute Gasteiger partial charge is 0.261 e. The molecule has 2 aromatic rings. The first-order valence-electron chi connectivity index (χ1n) is 6.93. The largest absolute Gasteiger partial charge is 0.399 e. The normalized spacial score (nSPS) is 11.2. The maximum Gasteiger partial charge on any atom is 0.261 e. The minimum atomic E-state index is -0.00284. The van der Waals surface area contributed by atoms with Crippen LogP contribution in [-0.2, 0) is 0 Å². The molecule has 0 bridgehead atoms. The Morgan fingerprint density at radius 2 is 2.05 bits per heavy atom. The molecular formula is C15H21N3OS. The molecule has 0 saturated heterocycles. The van der Waals surface area contributed by atoms with E-state index in [1.54, 1.807) is 0 Å². The van der Waals surface area contributed by atoms with Crippen LogP contribution in [0.4, 0.5) is 5.69 Å². The van der Waals surface area contributed by atoms with Gasteiger partial charge in [0.2, 0.25) is 0 Å². The number of hydrogen-bond acceptors (Lipinski definition) is 4. The van der Waals surface area contributed by atoms with Gasteiger partial charge in [0.05, 0.1) is 4.88 Å². The van der Waals surface area contributed by atoms with Crippen LogP contribution in [0.15, 0.2) is 24.3 Å². The minimum absolute atomic E-state index is 0.00284. The number of fused-ring (bicyclic) bond motifs is 1. The summed E-state index contributed by atoms with van der Waals surface area (Å²) in [5.74, 6) is -0.00284. The lowest BCUT2D eigenvalue weighted by Gasteiger charge is -2.17. The molecule has 4 nitrogen and oxygen atoms in total. The van der Waals surface area contributed by atoms with Gasteiger partial charge in [0.15, 0.2) is 0 Å². The van der Waals surface area contributed by atoms with Gasteiger partial charge in [-0.25, -0.2) is 0 Å². The average Bonchev–Trinajstić information content (AvgIpc) is 2.86. The Hall–Kier alpha value is -1.59. The molecule has 1 amide bonds. The van der Waals surface area contributed by atoms with Gasteiger partial charge < -0.3 is 16.0 Å². The van der Waals surface area contributed by atoms with Crippen molar-refractivity contribution in [1.29, 1.82) is 0 Å². The van der Waals surface area contributed by atoms with E-state index < -0.39 is 0 Å². The highest BCUT2D eigenvalue weighted by molar-refractivity contribution is 7.20. The molecule has 0 atom stereocenters. The van der Waals surface area contributed by atoms with E-state index in [1.165, 1.54) is 11.3 Å². The van der Waals surface area contributed by atoms with Gasteiger partial charge >= 0.3 is 0 Å². The maximum atomic E-state index is 12.1. The van der Waals surface area contributed by atoms with Crippen LogP contribution >= 0.6 is 11.3 Å². The van der Waals surface area contributed by atoms with E-state index >= 15 is 0 Å². The number of nitrogens with zero attached hydrogens (tertiary/aromatic N) is 1. The van der Waals surface area contributed by atoms with Crippen molar-refractivity contribution in [2.45, 2.75) is 13.8 Å². The predicted octanol–water partition coefficient (Wildman–Crippen LogP) is 2.56. The lowest BCUT2D eigenvalue weighted by atomic mass is 10.2. The van der Waals surface area contributed by atoms with E-state index in [2.05, 4.69) is 24.1 Å². The molecule has 0 unspecified atom stereocenters. The monoisotopic (exact) mass is 291 g/mol. The van der Waals surface area contributed by atoms with Crippen molar-refractivity contribution in [1.82, 2.24) is 10.2 Å². The summed E-state index contributed by atoms with van der Waals surface area (Å²) in [6.45, 7) is 7.83. The zero-order chi connectivity index (χ0) is 14.5. The number of nitrogens with two attached hydrogens (primary N) is 1. The van der Waals surface area contributed by atoms with Crippen molar-refractivity contribution >= 4 is 33.0 Å². The van der Waals surface area contributed by atoms with Gasteiger partial charge in [0.1, 0.15) is 0 Å². The van der Waals surface area contributed by atoms with Gasteiger partial charge in [-0.15, -0.1) is 11.3 Å². The minimum Gasteiger partial charge on any atom is -0.399 e. The van der Waals surface area contributed by atoms with Crippen molar-refractivity contribution in [3.8, 4) is 0 Å². The molecule has 0 aliphatic carbocycles. The first kappa shape index (κ1) is 14.8. The number of carbonyl (C=O) groups excluding carboxylic acids is 1. The molecular weight excluding hydrogens is 270 g/mol. The van der Waals surface area contributed by atoms with Gasteiger partial charge in [0, 0.05) is 23.5 Å². The molecule has 20 heavy (non-hydrogen) atoms. The summed E-state index contributed by atoms with van der Waals surface area (Å²) in [5, 5.41) is 4.00. The van der Waals surface area contributed by atoms with Crippen LogP contribution in [0.2, 0.25) is 0 Å². The molecule has 1 aromatic carbocycles. The highest BCUT2D eigenvalue weighted by Crippen LogP contribution is 2.27. The molecule has 108 valence electrons. The molecule has 0 radical (unpaired) electrons. The van der Waals surface area contributed by atoms with E-state index in [4.69, 9.17) is 5.73 Å². The van der Waals surface area contributed by atoms with Crippen molar-refractivity contribution < 1.29 is 4.79 Å². The molecule has 0 saturated carbocycles. The van der Waals surface area contributed by atoms with Gasteiger partial charge in [0.25, 0.3) is 5.91 Å². The highest BCUT2D eigenvalue weighted by Gasteiger charge is 2.10. The third-order valence-electron chi connectivity index (χ3n) is 3.37. The number of carbonyl (C=O) groups is 1. The van der Waals surface area contributed by atoms with Crippen molar-refractivity contribution in [3.05, 3.63) is 29.1 Å². The quantitative estimate of drug-likeness (QED) is 0.804. The van der Waals surface area contributed by atoms with Crippen LogP contribution in [0.1, 0.15) is 23.5 Å². The molecule has 1 aromatic heterocycles. The fourth-order valence-electron chi connectivity index (χ4n) is 2.13. The average molecular weight is 291 g/mol. The number of hydrogen-bond donors (Lipinski definition) is 2. The first-order valence-corrected chi connectivity index (χ1v) is 7.75. The fourth-order valence-corrected chi connectivity index (χ4v) is 3.09. The second kappa shape index (κ2) is 6.72. The van der Waals surface area contributed by atoms with Crippen LogP contribution in [0.3, 0.4) is 0 Å². The van der Waals surface area contributed by atoms with Gasteiger partial charge in [-0.1, -0.05) is 13.8 Å². The second-order valence-corrected chi connectivity index (χ2v) is 5.77. The number of amides is 1. The number of likely N-dealkylation sites (N-methyl/N-ethyl adjacent to an activating group) is 1. The van der Waals surface area contributed by atoms with E-state index in [0.29, 0.717) is 6.54 Å². The van der Waals surface area contributed by atoms with Gasteiger partial charge in [-0.2, -0.15) is 0 Å². The van der Waals surface area contributed by atoms with Crippen LogP contribution in [-0.4, -0.2) is 37.0 Å². The standard InChI is InChI=1S/C15H21N3OS/c1-3-18(4-2)8-7-17-15(19)14-10-11-9-12(16)5-6-13(11)20-14/h5-6,9-10H,3-4,7-8,16H2,1-2H3,(H,17,19). The zero-order valence-corrected chi connectivity index (χ0v) is 12.8. The highest BCUT2D eigenvalue weighted by atomic mass is 32.1. The summed E-state index contributed by atoms with van der Waals surface area (Å²) in [6.07, 6.45) is 0. The SMILES string of the molecule is CCN(CC)CCNC(=O)c1cc2cc(N)ccc2s1. The second-order valence-electron chi connectivity index (χ2n) is 4.69. The molecule has 0 aliphatic rings. The maximum absolute atomic E-state index is 12.1. The van der Waals surface area contributed by atoms with E-state index in [-0.39, 0.29) is 5.91 Å². The Morgan fingerprint density at radius 3 is 2.75 bits per heavy atom. The molecule has 1 heterocycles. The van der Waals surface area contributed by atoms with Crippen molar-refractivity contribution in [3.63, 3.8) is 0 Å². The van der Waals surface area contributed by atoms with Crippen LogP contribution in [0, 0.1) is 0 Å². The summed E-state index contributed by atoms with van der Waals surface area (Å²) in [7, 11) is 0. The number of thiophene rings is 1. The number of rotatable bonds is 6. The Bertz CT molecular complexity index is 590. The van der Waals surface area contributed by atoms with E-state index in [9.17, 15) is 4.79 Å². The topological polar surface area (TPSA) is 58.4 Å². The summed E-state index contributed by atoms with van der Waals surface area (Å²) in [6, 6.07) is 7.63. The Balaban J connectivity index is 1.97. The van der Waals surface area contributed by atoms with Gasteiger partial charge in [-0.3, -0.25) is 4.79 Å². The molecule has 0 aliphatic heterocycles. The van der Waals surface area contributed by atoms with Gasteiger partial charge in [-0.05, 0) is 42.7 Å². The zero-order valence-electron chi connectivity index (χ0n) is 12.0. The van der Waals surface area contributed by atoms with Crippen molar-refractivity contribution in [2.24, 2.45) is 0 Å². The Kier molecular flexibility index (Phi) is 4.98. The van der Waals surface area contributed by atoms with Crippen LogP contribution < -0.4 is 11.1 Å². The summed E-state index contributed by atoms with van der Waals surface area (Å²) in [5.41, 5.74) is 6.48. The number of nitrogens with one attached hydrogen (secondary N) is 1. The fraction of sp³-hybridized carbons (Fsp3) is 0.400. The lowest BCUT2D eigenvalue weighted by Crippen LogP contribution is -2.34.